The summed E-state index contributed by atoms with van der Waals surface area (Å²) >= 11 is 7.15. The molecule has 0 unspecified atom stereocenters. The molecule has 0 aromatic heterocycles. The molecule has 1 aromatic rings. The first kappa shape index (κ1) is 14.4. The zero-order valence-corrected chi connectivity index (χ0v) is 14.3. The van der Waals surface area contributed by atoms with Gasteiger partial charge in [-0.2, -0.15) is 0 Å². The van der Waals surface area contributed by atoms with Gasteiger partial charge >= 0.3 is 0 Å². The van der Waals surface area contributed by atoms with Crippen LogP contribution in [0.5, 0.6) is 0 Å². The van der Waals surface area contributed by atoms with Gasteiger partial charge in [0.2, 0.25) is 0 Å². The summed E-state index contributed by atoms with van der Waals surface area (Å²) in [5, 5.41) is 0.912. The van der Waals surface area contributed by atoms with E-state index in [1.807, 2.05) is 0 Å². The Kier molecular flexibility index (Phi) is 5.14. The van der Waals surface area contributed by atoms with Crippen LogP contribution >= 0.6 is 31.9 Å². The molecule has 1 saturated carbocycles. The lowest BCUT2D eigenvalue weighted by molar-refractivity contribution is 0.340. The van der Waals surface area contributed by atoms with Crippen LogP contribution in [-0.4, -0.2) is 13.1 Å². The predicted molar refractivity (Wildman–Crippen MR) is 86.6 cm³/mol. The normalized spacial score (nSPS) is 24.0. The third-order valence-corrected chi connectivity index (χ3v) is 5.20. The van der Waals surface area contributed by atoms with Crippen molar-refractivity contribution >= 4 is 37.5 Å². The second-order valence-electron chi connectivity index (χ2n) is 5.43. The van der Waals surface area contributed by atoms with Gasteiger partial charge in [0.25, 0.3) is 0 Å². The summed E-state index contributed by atoms with van der Waals surface area (Å²) in [5.41, 5.74) is 2.74. The number of halogens is 2. The van der Waals surface area contributed by atoms with E-state index in [-0.39, 0.29) is 0 Å². The molecular formula is C15H21Br2N. The van der Waals surface area contributed by atoms with Crippen molar-refractivity contribution in [3.63, 3.8) is 0 Å². The molecule has 0 spiro atoms. The van der Waals surface area contributed by atoms with E-state index in [1.54, 1.807) is 0 Å². The van der Waals surface area contributed by atoms with Gasteiger partial charge in [0.15, 0.2) is 0 Å². The van der Waals surface area contributed by atoms with Gasteiger partial charge in [0.05, 0.1) is 0 Å². The number of hydrogen-bond donors (Lipinski definition) is 0. The van der Waals surface area contributed by atoms with E-state index in [2.05, 4.69) is 68.9 Å². The van der Waals surface area contributed by atoms with Crippen LogP contribution in [0.4, 0.5) is 5.69 Å². The van der Waals surface area contributed by atoms with Crippen LogP contribution < -0.4 is 4.90 Å². The van der Waals surface area contributed by atoms with E-state index < -0.39 is 0 Å². The van der Waals surface area contributed by atoms with Crippen LogP contribution in [0.3, 0.4) is 0 Å². The fraction of sp³-hybridized carbons (Fsp3) is 0.600. The molecule has 0 radical (unpaired) electrons. The Morgan fingerprint density at radius 3 is 2.50 bits per heavy atom. The molecule has 0 aliphatic heterocycles. The number of alkyl halides is 1. The topological polar surface area (TPSA) is 3.24 Å². The lowest BCUT2D eigenvalue weighted by atomic mass is 9.86. The van der Waals surface area contributed by atoms with Gasteiger partial charge in [-0.3, -0.25) is 0 Å². The van der Waals surface area contributed by atoms with Gasteiger partial charge in [0, 0.05) is 28.6 Å². The molecule has 0 bridgehead atoms. The maximum atomic E-state index is 3.60. The van der Waals surface area contributed by atoms with E-state index in [0.29, 0.717) is 6.04 Å². The average molecular weight is 375 g/mol. The van der Waals surface area contributed by atoms with E-state index in [4.69, 9.17) is 0 Å². The van der Waals surface area contributed by atoms with Crippen LogP contribution in [0.2, 0.25) is 0 Å². The fourth-order valence-corrected chi connectivity index (χ4v) is 3.69. The summed E-state index contributed by atoms with van der Waals surface area (Å²) in [4.78, 5) is 2.48. The van der Waals surface area contributed by atoms with Crippen molar-refractivity contribution in [2.24, 2.45) is 5.92 Å². The van der Waals surface area contributed by atoms with Crippen LogP contribution in [0.25, 0.3) is 0 Å². The van der Waals surface area contributed by atoms with Crippen molar-refractivity contribution in [2.45, 2.75) is 44.0 Å². The Morgan fingerprint density at radius 1 is 1.22 bits per heavy atom. The van der Waals surface area contributed by atoms with Crippen LogP contribution in [0.1, 0.15) is 38.2 Å². The van der Waals surface area contributed by atoms with Crippen molar-refractivity contribution in [3.05, 3.63) is 28.2 Å². The van der Waals surface area contributed by atoms with Gasteiger partial charge in [-0.15, -0.1) is 0 Å². The number of hydrogen-bond acceptors (Lipinski definition) is 1. The molecule has 0 N–H and O–H groups in total. The van der Waals surface area contributed by atoms with E-state index >= 15 is 0 Å². The molecule has 0 saturated heterocycles. The minimum Gasteiger partial charge on any atom is -0.371 e. The summed E-state index contributed by atoms with van der Waals surface area (Å²) in [6.45, 7) is 2.37. The summed E-state index contributed by atoms with van der Waals surface area (Å²) in [7, 11) is 2.25. The highest BCUT2D eigenvalue weighted by Gasteiger charge is 2.23. The average Bonchev–Trinajstić information content (AvgIpc) is 2.38. The van der Waals surface area contributed by atoms with E-state index in [0.717, 1.165) is 15.7 Å². The standard InChI is InChI=1S/C15H21Br2N/c1-11-3-6-14(7-4-11)18(2)15-8-5-13(17)9-12(15)10-16/h5,8-9,11,14H,3-4,6-7,10H2,1-2H3. The fourth-order valence-electron chi connectivity index (χ4n) is 2.83. The van der Waals surface area contributed by atoms with Crippen molar-refractivity contribution < 1.29 is 0 Å². The highest BCUT2D eigenvalue weighted by molar-refractivity contribution is 9.10. The third-order valence-electron chi connectivity index (χ3n) is 4.10. The first-order valence-electron chi connectivity index (χ1n) is 6.69. The summed E-state index contributed by atoms with van der Waals surface area (Å²) < 4.78 is 1.16. The predicted octanol–water partition coefficient (Wildman–Crippen LogP) is 5.36. The van der Waals surface area contributed by atoms with Gasteiger partial charge in [-0.05, 0) is 55.4 Å². The van der Waals surface area contributed by atoms with Gasteiger partial charge in [-0.25, -0.2) is 0 Å². The molecule has 2 rings (SSSR count). The van der Waals surface area contributed by atoms with Gasteiger partial charge < -0.3 is 4.90 Å². The minimum atomic E-state index is 0.708. The third kappa shape index (κ3) is 3.30. The second-order valence-corrected chi connectivity index (χ2v) is 6.91. The Labute approximate surface area is 127 Å². The molecule has 3 heteroatoms. The molecule has 18 heavy (non-hydrogen) atoms. The van der Waals surface area contributed by atoms with Crippen molar-refractivity contribution in [2.75, 3.05) is 11.9 Å². The Bertz CT molecular complexity index is 397. The minimum absolute atomic E-state index is 0.708. The second kappa shape index (κ2) is 6.42. The molecule has 1 aliphatic rings. The zero-order valence-electron chi connectivity index (χ0n) is 11.1. The summed E-state index contributed by atoms with van der Waals surface area (Å²) in [6.07, 6.45) is 5.40. The number of rotatable bonds is 3. The number of nitrogens with zero attached hydrogens (tertiary/aromatic N) is 1. The van der Waals surface area contributed by atoms with Crippen molar-refractivity contribution in [1.82, 2.24) is 0 Å². The Hall–Kier alpha value is -0.0200. The molecule has 0 amide bonds. The molecule has 1 nitrogen and oxygen atoms in total. The Morgan fingerprint density at radius 2 is 1.89 bits per heavy atom. The highest BCUT2D eigenvalue weighted by Crippen LogP contribution is 2.32. The maximum absolute atomic E-state index is 3.60. The molecule has 1 aliphatic carbocycles. The first-order chi connectivity index (χ1) is 8.61. The monoisotopic (exact) mass is 373 g/mol. The van der Waals surface area contributed by atoms with E-state index in [9.17, 15) is 0 Å². The quantitative estimate of drug-likeness (QED) is 0.643. The molecule has 1 fully saturated rings. The van der Waals surface area contributed by atoms with Gasteiger partial charge in [-0.1, -0.05) is 38.8 Å². The summed E-state index contributed by atoms with van der Waals surface area (Å²) in [5.74, 6) is 0.912. The number of anilines is 1. The molecule has 0 atom stereocenters. The molecule has 100 valence electrons. The largest absolute Gasteiger partial charge is 0.371 e. The lowest BCUT2D eigenvalue weighted by Gasteiger charge is -2.36. The zero-order chi connectivity index (χ0) is 13.1. The van der Waals surface area contributed by atoms with E-state index in [1.165, 1.54) is 36.9 Å². The lowest BCUT2D eigenvalue weighted by Crippen LogP contribution is -2.35. The van der Waals surface area contributed by atoms with Crippen LogP contribution in [0, 0.1) is 5.92 Å². The molecule has 1 aromatic carbocycles. The summed E-state index contributed by atoms with van der Waals surface area (Å²) in [6, 6.07) is 7.30. The SMILES string of the molecule is CC1CCC(N(C)c2ccc(Br)cc2CBr)CC1. The van der Waals surface area contributed by atoms with Crippen LogP contribution in [0.15, 0.2) is 22.7 Å². The highest BCUT2D eigenvalue weighted by atomic mass is 79.9. The smallest absolute Gasteiger partial charge is 0.0408 e. The Balaban J connectivity index is 2.15. The molecule has 0 heterocycles. The van der Waals surface area contributed by atoms with Crippen LogP contribution in [-0.2, 0) is 5.33 Å². The van der Waals surface area contributed by atoms with Crippen molar-refractivity contribution in [1.29, 1.82) is 0 Å². The first-order valence-corrected chi connectivity index (χ1v) is 8.60. The maximum Gasteiger partial charge on any atom is 0.0408 e. The van der Waals surface area contributed by atoms with Crippen molar-refractivity contribution in [3.8, 4) is 0 Å². The van der Waals surface area contributed by atoms with Gasteiger partial charge in [0.1, 0.15) is 0 Å². The molecular weight excluding hydrogens is 354 g/mol. The number of benzene rings is 1.